The third-order valence-electron chi connectivity index (χ3n) is 2.87. The van der Waals surface area contributed by atoms with E-state index in [0.717, 1.165) is 33.9 Å². The number of nitrogens with zero attached hydrogens (tertiary/aromatic N) is 2. The zero-order valence-corrected chi connectivity index (χ0v) is 12.9. The molecule has 0 unspecified atom stereocenters. The summed E-state index contributed by atoms with van der Waals surface area (Å²) in [7, 11) is 0. The first-order chi connectivity index (χ1) is 9.13. The third kappa shape index (κ3) is 3.04. The summed E-state index contributed by atoms with van der Waals surface area (Å²) in [5.74, 6) is 1.68. The van der Waals surface area contributed by atoms with Gasteiger partial charge < -0.3 is 10.6 Å². The Labute approximate surface area is 121 Å². The van der Waals surface area contributed by atoms with Gasteiger partial charge in [0.15, 0.2) is 0 Å². The van der Waals surface area contributed by atoms with E-state index in [1.807, 2.05) is 26.0 Å². The zero-order valence-electron chi connectivity index (χ0n) is 11.3. The topological polar surface area (TPSA) is 49.8 Å². The van der Waals surface area contributed by atoms with E-state index in [4.69, 9.17) is 0 Å². The van der Waals surface area contributed by atoms with Crippen molar-refractivity contribution in [2.75, 3.05) is 17.2 Å². The fourth-order valence-corrected chi connectivity index (χ4v) is 2.16. The lowest BCUT2D eigenvalue weighted by Crippen LogP contribution is -2.05. The molecule has 0 bridgehead atoms. The molecule has 100 valence electrons. The second-order valence-corrected chi connectivity index (χ2v) is 5.08. The molecule has 19 heavy (non-hydrogen) atoms. The molecule has 2 aromatic rings. The van der Waals surface area contributed by atoms with Crippen LogP contribution in [0.15, 0.2) is 29.0 Å². The van der Waals surface area contributed by atoms with Gasteiger partial charge in [-0.25, -0.2) is 9.97 Å². The second kappa shape index (κ2) is 6.02. The molecule has 0 fully saturated rings. The molecule has 4 nitrogen and oxygen atoms in total. The van der Waals surface area contributed by atoms with Gasteiger partial charge in [-0.05, 0) is 48.3 Å². The monoisotopic (exact) mass is 320 g/mol. The van der Waals surface area contributed by atoms with Gasteiger partial charge >= 0.3 is 0 Å². The Morgan fingerprint density at radius 2 is 1.89 bits per heavy atom. The molecule has 2 rings (SSSR count). The number of anilines is 3. The Bertz CT molecular complexity index is 584. The van der Waals surface area contributed by atoms with E-state index in [0.29, 0.717) is 0 Å². The Balaban J connectivity index is 2.33. The van der Waals surface area contributed by atoms with Crippen LogP contribution in [-0.4, -0.2) is 16.5 Å². The lowest BCUT2D eigenvalue weighted by atomic mass is 10.2. The quantitative estimate of drug-likeness (QED) is 0.892. The van der Waals surface area contributed by atoms with E-state index in [1.54, 1.807) is 6.33 Å². The molecular formula is C14H17BrN4. The van der Waals surface area contributed by atoms with Crippen molar-refractivity contribution >= 4 is 33.3 Å². The van der Waals surface area contributed by atoms with Crippen molar-refractivity contribution in [1.82, 2.24) is 9.97 Å². The molecule has 1 aromatic heterocycles. The predicted molar refractivity (Wildman–Crippen MR) is 83.1 cm³/mol. The highest BCUT2D eigenvalue weighted by Crippen LogP contribution is 2.29. The maximum absolute atomic E-state index is 4.30. The van der Waals surface area contributed by atoms with Gasteiger partial charge in [-0.1, -0.05) is 12.1 Å². The van der Waals surface area contributed by atoms with Crippen molar-refractivity contribution in [3.05, 3.63) is 40.1 Å². The molecule has 1 heterocycles. The standard InChI is InChI=1S/C14H17BrN4/c1-4-16-13-10(3)14(18-8-17-13)19-11-7-5-6-9(2)12(11)15/h5-8H,4H2,1-3H3,(H2,16,17,18,19). The van der Waals surface area contributed by atoms with Crippen LogP contribution in [0.2, 0.25) is 0 Å². The van der Waals surface area contributed by atoms with E-state index in [9.17, 15) is 0 Å². The lowest BCUT2D eigenvalue weighted by molar-refractivity contribution is 1.08. The van der Waals surface area contributed by atoms with Gasteiger partial charge in [0, 0.05) is 16.6 Å². The van der Waals surface area contributed by atoms with Gasteiger partial charge in [0.1, 0.15) is 18.0 Å². The Morgan fingerprint density at radius 3 is 2.63 bits per heavy atom. The Morgan fingerprint density at radius 1 is 1.16 bits per heavy atom. The minimum atomic E-state index is 0.817. The SMILES string of the molecule is CCNc1ncnc(Nc2cccc(C)c2Br)c1C. The van der Waals surface area contributed by atoms with Crippen LogP contribution >= 0.6 is 15.9 Å². The fraction of sp³-hybridized carbons (Fsp3) is 0.286. The summed E-state index contributed by atoms with van der Waals surface area (Å²) in [5.41, 5.74) is 3.20. The van der Waals surface area contributed by atoms with Crippen LogP contribution in [-0.2, 0) is 0 Å². The van der Waals surface area contributed by atoms with Crippen molar-refractivity contribution in [1.29, 1.82) is 0 Å². The van der Waals surface area contributed by atoms with E-state index in [2.05, 4.69) is 49.5 Å². The number of hydrogen-bond acceptors (Lipinski definition) is 4. The molecule has 0 aliphatic rings. The second-order valence-electron chi connectivity index (χ2n) is 4.29. The van der Waals surface area contributed by atoms with Gasteiger partial charge in [-0.15, -0.1) is 0 Å². The van der Waals surface area contributed by atoms with Gasteiger partial charge in [0.05, 0.1) is 5.69 Å². The van der Waals surface area contributed by atoms with Gasteiger partial charge in [-0.3, -0.25) is 0 Å². The van der Waals surface area contributed by atoms with Crippen LogP contribution in [0.4, 0.5) is 17.3 Å². The number of benzene rings is 1. The van der Waals surface area contributed by atoms with Crippen LogP contribution in [0.1, 0.15) is 18.1 Å². The van der Waals surface area contributed by atoms with E-state index in [-0.39, 0.29) is 0 Å². The molecular weight excluding hydrogens is 304 g/mol. The molecule has 0 radical (unpaired) electrons. The first-order valence-corrected chi connectivity index (χ1v) is 7.00. The number of aromatic nitrogens is 2. The summed E-state index contributed by atoms with van der Waals surface area (Å²) >= 11 is 3.59. The lowest BCUT2D eigenvalue weighted by Gasteiger charge is -2.13. The van der Waals surface area contributed by atoms with Crippen LogP contribution in [0.3, 0.4) is 0 Å². The summed E-state index contributed by atoms with van der Waals surface area (Å²) in [6.07, 6.45) is 1.57. The molecule has 0 amide bonds. The average molecular weight is 321 g/mol. The van der Waals surface area contributed by atoms with Crippen molar-refractivity contribution in [3.63, 3.8) is 0 Å². The largest absolute Gasteiger partial charge is 0.370 e. The summed E-state index contributed by atoms with van der Waals surface area (Å²) in [6.45, 7) is 6.95. The summed E-state index contributed by atoms with van der Waals surface area (Å²) in [5, 5.41) is 6.57. The predicted octanol–water partition coefficient (Wildman–Crippen LogP) is 4.03. The highest BCUT2D eigenvalue weighted by molar-refractivity contribution is 9.10. The summed E-state index contributed by atoms with van der Waals surface area (Å²) < 4.78 is 1.05. The Kier molecular flexibility index (Phi) is 4.37. The molecule has 0 saturated heterocycles. The van der Waals surface area contributed by atoms with E-state index < -0.39 is 0 Å². The van der Waals surface area contributed by atoms with Crippen LogP contribution in [0.25, 0.3) is 0 Å². The van der Waals surface area contributed by atoms with Crippen molar-refractivity contribution in [2.45, 2.75) is 20.8 Å². The maximum atomic E-state index is 4.30. The minimum absolute atomic E-state index is 0.817. The molecule has 0 spiro atoms. The van der Waals surface area contributed by atoms with Crippen LogP contribution in [0, 0.1) is 13.8 Å². The summed E-state index contributed by atoms with van der Waals surface area (Å²) in [6, 6.07) is 6.10. The number of aryl methyl sites for hydroxylation is 1. The molecule has 0 saturated carbocycles. The van der Waals surface area contributed by atoms with Gasteiger partial charge in [-0.2, -0.15) is 0 Å². The molecule has 2 N–H and O–H groups in total. The van der Waals surface area contributed by atoms with Crippen molar-refractivity contribution < 1.29 is 0 Å². The van der Waals surface area contributed by atoms with E-state index >= 15 is 0 Å². The molecule has 0 atom stereocenters. The maximum Gasteiger partial charge on any atom is 0.138 e. The first kappa shape index (κ1) is 13.8. The zero-order chi connectivity index (χ0) is 13.8. The molecule has 0 aliphatic carbocycles. The molecule has 5 heteroatoms. The average Bonchev–Trinajstić information content (AvgIpc) is 2.40. The van der Waals surface area contributed by atoms with Crippen LogP contribution in [0.5, 0.6) is 0 Å². The normalized spacial score (nSPS) is 10.3. The minimum Gasteiger partial charge on any atom is -0.370 e. The number of halogens is 1. The molecule has 1 aromatic carbocycles. The summed E-state index contributed by atoms with van der Waals surface area (Å²) in [4.78, 5) is 8.54. The van der Waals surface area contributed by atoms with Crippen molar-refractivity contribution in [3.8, 4) is 0 Å². The Hall–Kier alpha value is -1.62. The highest BCUT2D eigenvalue weighted by atomic mass is 79.9. The van der Waals surface area contributed by atoms with E-state index in [1.165, 1.54) is 5.56 Å². The number of rotatable bonds is 4. The van der Waals surface area contributed by atoms with Crippen LogP contribution < -0.4 is 10.6 Å². The highest BCUT2D eigenvalue weighted by Gasteiger charge is 2.08. The number of hydrogen-bond donors (Lipinski definition) is 2. The van der Waals surface area contributed by atoms with Crippen molar-refractivity contribution in [2.24, 2.45) is 0 Å². The van der Waals surface area contributed by atoms with Gasteiger partial charge in [0.25, 0.3) is 0 Å². The fourth-order valence-electron chi connectivity index (χ4n) is 1.79. The smallest absolute Gasteiger partial charge is 0.138 e. The molecule has 0 aliphatic heterocycles. The third-order valence-corrected chi connectivity index (χ3v) is 3.93. The van der Waals surface area contributed by atoms with Gasteiger partial charge in [0.2, 0.25) is 0 Å². The first-order valence-electron chi connectivity index (χ1n) is 6.21. The number of nitrogens with one attached hydrogen (secondary N) is 2.